The van der Waals surface area contributed by atoms with Crippen LogP contribution in [0, 0.1) is 24.7 Å². The molecule has 2 rings (SSSR count). The van der Waals surface area contributed by atoms with E-state index in [-0.39, 0.29) is 0 Å². The van der Waals surface area contributed by atoms with Crippen LogP contribution < -0.4 is 5.32 Å². The first-order valence-corrected chi connectivity index (χ1v) is 8.32. The fraction of sp³-hybridized carbons (Fsp3) is 0.824. The molecule has 1 heterocycles. The van der Waals surface area contributed by atoms with Crippen molar-refractivity contribution in [1.82, 2.24) is 9.55 Å². The van der Waals surface area contributed by atoms with E-state index in [1.807, 2.05) is 0 Å². The van der Waals surface area contributed by atoms with E-state index in [9.17, 15) is 0 Å². The number of imidazole rings is 1. The molecule has 1 N–H and O–H groups in total. The first-order chi connectivity index (χ1) is 9.54. The Balaban J connectivity index is 1.85. The summed E-state index contributed by atoms with van der Waals surface area (Å²) in [7, 11) is 0. The summed E-state index contributed by atoms with van der Waals surface area (Å²) in [6.07, 6.45) is 9.18. The Kier molecular flexibility index (Phi) is 5.50. The summed E-state index contributed by atoms with van der Waals surface area (Å²) in [5.41, 5.74) is 1.12. The van der Waals surface area contributed by atoms with Crippen LogP contribution in [0.25, 0.3) is 0 Å². The van der Waals surface area contributed by atoms with Gasteiger partial charge in [-0.25, -0.2) is 4.98 Å². The van der Waals surface area contributed by atoms with Gasteiger partial charge in [-0.1, -0.05) is 46.5 Å². The normalized spacial score (nSPS) is 23.2. The molecule has 3 heteroatoms. The third-order valence-electron chi connectivity index (χ3n) is 4.48. The fourth-order valence-corrected chi connectivity index (χ4v) is 3.09. The molecular formula is C17H31N3. The predicted molar refractivity (Wildman–Crippen MR) is 86.0 cm³/mol. The Bertz CT molecular complexity index is 400. The lowest BCUT2D eigenvalue weighted by molar-refractivity contribution is 0.269. The van der Waals surface area contributed by atoms with Gasteiger partial charge in [-0.15, -0.1) is 0 Å². The average molecular weight is 277 g/mol. The minimum Gasteiger partial charge on any atom is -0.355 e. The SMILES string of the molecule is Cc1cn(CCC2CCC(C)CC2)c(NCC(C)C)n1. The molecule has 1 aliphatic carbocycles. The average Bonchev–Trinajstić information content (AvgIpc) is 2.76. The standard InChI is InChI=1S/C17H31N3/c1-13(2)11-18-17-19-15(4)12-20(17)10-9-16-7-5-14(3)6-8-16/h12-14,16H,5-11H2,1-4H3,(H,18,19). The molecule has 0 radical (unpaired) electrons. The molecule has 0 amide bonds. The molecule has 0 saturated heterocycles. The summed E-state index contributed by atoms with van der Waals surface area (Å²) < 4.78 is 2.32. The number of nitrogens with zero attached hydrogens (tertiary/aromatic N) is 2. The lowest BCUT2D eigenvalue weighted by Crippen LogP contribution is -2.16. The van der Waals surface area contributed by atoms with Crippen molar-refractivity contribution in [2.75, 3.05) is 11.9 Å². The summed E-state index contributed by atoms with van der Waals surface area (Å²) in [6.45, 7) is 11.0. The summed E-state index contributed by atoms with van der Waals surface area (Å²) >= 11 is 0. The number of anilines is 1. The Hall–Kier alpha value is -0.990. The van der Waals surface area contributed by atoms with Crippen molar-refractivity contribution in [3.63, 3.8) is 0 Å². The van der Waals surface area contributed by atoms with Gasteiger partial charge in [0.1, 0.15) is 0 Å². The Morgan fingerprint density at radius 1 is 1.30 bits per heavy atom. The van der Waals surface area contributed by atoms with Crippen LogP contribution in [0.5, 0.6) is 0 Å². The quantitative estimate of drug-likeness (QED) is 0.831. The van der Waals surface area contributed by atoms with Crippen molar-refractivity contribution in [3.8, 4) is 0 Å². The molecule has 1 aromatic rings. The number of nitrogens with one attached hydrogen (secondary N) is 1. The van der Waals surface area contributed by atoms with E-state index in [1.165, 1.54) is 32.1 Å². The van der Waals surface area contributed by atoms with E-state index in [4.69, 9.17) is 0 Å². The number of hydrogen-bond acceptors (Lipinski definition) is 2. The molecule has 114 valence electrons. The van der Waals surface area contributed by atoms with Crippen LogP contribution >= 0.6 is 0 Å². The Morgan fingerprint density at radius 3 is 2.65 bits per heavy atom. The summed E-state index contributed by atoms with van der Waals surface area (Å²) in [6, 6.07) is 0. The highest BCUT2D eigenvalue weighted by atomic mass is 15.2. The van der Waals surface area contributed by atoms with E-state index >= 15 is 0 Å². The van der Waals surface area contributed by atoms with Gasteiger partial charge in [-0.05, 0) is 31.1 Å². The molecular weight excluding hydrogens is 246 g/mol. The molecule has 0 spiro atoms. The molecule has 0 atom stereocenters. The monoisotopic (exact) mass is 277 g/mol. The molecule has 3 nitrogen and oxygen atoms in total. The molecule has 0 aliphatic heterocycles. The first-order valence-electron chi connectivity index (χ1n) is 8.32. The van der Waals surface area contributed by atoms with Crippen LogP contribution in [0.4, 0.5) is 5.95 Å². The minimum atomic E-state index is 0.653. The van der Waals surface area contributed by atoms with Crippen molar-refractivity contribution in [1.29, 1.82) is 0 Å². The van der Waals surface area contributed by atoms with Gasteiger partial charge >= 0.3 is 0 Å². The van der Waals surface area contributed by atoms with E-state index in [0.717, 1.165) is 36.6 Å². The summed E-state index contributed by atoms with van der Waals surface area (Å²) in [5, 5.41) is 3.48. The van der Waals surface area contributed by atoms with Gasteiger partial charge in [0.05, 0.1) is 5.69 Å². The Labute approximate surface area is 124 Å². The second-order valence-electron chi connectivity index (χ2n) is 7.09. The minimum absolute atomic E-state index is 0.653. The van der Waals surface area contributed by atoms with Crippen LogP contribution in [-0.4, -0.2) is 16.1 Å². The molecule has 0 bridgehead atoms. The fourth-order valence-electron chi connectivity index (χ4n) is 3.09. The van der Waals surface area contributed by atoms with Gasteiger partial charge < -0.3 is 9.88 Å². The molecule has 1 saturated carbocycles. The van der Waals surface area contributed by atoms with Gasteiger partial charge in [-0.2, -0.15) is 0 Å². The number of rotatable bonds is 6. The van der Waals surface area contributed by atoms with Crippen molar-refractivity contribution >= 4 is 5.95 Å². The summed E-state index contributed by atoms with van der Waals surface area (Å²) in [5.74, 6) is 3.58. The highest BCUT2D eigenvalue weighted by Gasteiger charge is 2.18. The van der Waals surface area contributed by atoms with Crippen LogP contribution in [0.1, 0.15) is 58.6 Å². The molecule has 1 aliphatic rings. The van der Waals surface area contributed by atoms with Gasteiger partial charge in [0.25, 0.3) is 0 Å². The topological polar surface area (TPSA) is 29.9 Å². The molecule has 20 heavy (non-hydrogen) atoms. The van der Waals surface area contributed by atoms with Gasteiger partial charge in [0.15, 0.2) is 0 Å². The highest BCUT2D eigenvalue weighted by molar-refractivity contribution is 5.28. The number of aryl methyl sites for hydroxylation is 2. The molecule has 0 aromatic carbocycles. The van der Waals surface area contributed by atoms with Crippen LogP contribution in [-0.2, 0) is 6.54 Å². The van der Waals surface area contributed by atoms with Gasteiger partial charge in [0, 0.05) is 19.3 Å². The van der Waals surface area contributed by atoms with E-state index in [1.54, 1.807) is 0 Å². The Morgan fingerprint density at radius 2 is 2.00 bits per heavy atom. The van der Waals surface area contributed by atoms with Crippen LogP contribution in [0.2, 0.25) is 0 Å². The lowest BCUT2D eigenvalue weighted by atomic mass is 9.81. The van der Waals surface area contributed by atoms with Gasteiger partial charge in [0.2, 0.25) is 5.95 Å². The second-order valence-corrected chi connectivity index (χ2v) is 7.09. The van der Waals surface area contributed by atoms with Crippen LogP contribution in [0.3, 0.4) is 0 Å². The zero-order chi connectivity index (χ0) is 14.5. The number of aromatic nitrogens is 2. The van der Waals surface area contributed by atoms with E-state index in [2.05, 4.69) is 48.8 Å². The van der Waals surface area contributed by atoms with E-state index < -0.39 is 0 Å². The molecule has 1 fully saturated rings. The number of hydrogen-bond donors (Lipinski definition) is 1. The van der Waals surface area contributed by atoms with E-state index in [0.29, 0.717) is 5.92 Å². The smallest absolute Gasteiger partial charge is 0.203 e. The maximum Gasteiger partial charge on any atom is 0.203 e. The van der Waals surface area contributed by atoms with Crippen molar-refractivity contribution in [3.05, 3.63) is 11.9 Å². The molecule has 0 unspecified atom stereocenters. The van der Waals surface area contributed by atoms with Gasteiger partial charge in [-0.3, -0.25) is 0 Å². The third-order valence-corrected chi connectivity index (χ3v) is 4.48. The lowest BCUT2D eigenvalue weighted by Gasteiger charge is -2.26. The largest absolute Gasteiger partial charge is 0.355 e. The van der Waals surface area contributed by atoms with Crippen molar-refractivity contribution in [2.45, 2.75) is 66.3 Å². The zero-order valence-electron chi connectivity index (χ0n) is 13.7. The summed E-state index contributed by atoms with van der Waals surface area (Å²) in [4.78, 5) is 4.61. The van der Waals surface area contributed by atoms with Crippen LogP contribution in [0.15, 0.2) is 6.20 Å². The maximum absolute atomic E-state index is 4.61. The third kappa shape index (κ3) is 4.53. The molecule has 1 aromatic heterocycles. The predicted octanol–water partition coefficient (Wildman–Crippen LogP) is 4.48. The highest BCUT2D eigenvalue weighted by Crippen LogP contribution is 2.30. The zero-order valence-corrected chi connectivity index (χ0v) is 13.7. The van der Waals surface area contributed by atoms with Crippen molar-refractivity contribution < 1.29 is 0 Å². The maximum atomic E-state index is 4.61. The first kappa shape index (κ1) is 15.4. The van der Waals surface area contributed by atoms with Crippen molar-refractivity contribution in [2.24, 2.45) is 17.8 Å². The second kappa shape index (κ2) is 7.14.